The second-order valence-corrected chi connectivity index (χ2v) is 2.14. The fraction of sp³-hybridized carbons (Fsp3) is 0. The molecule has 0 saturated heterocycles. The number of hydrogen-bond acceptors (Lipinski definition) is 3. The Labute approximate surface area is 63.1 Å². The average molecular weight is 154 g/mol. The lowest BCUT2D eigenvalue weighted by Crippen LogP contribution is -1.92. The molecule has 3 nitrogen and oxygen atoms in total. The van der Waals surface area contributed by atoms with Crippen LogP contribution in [0.1, 0.15) is 5.69 Å². The number of nitriles is 1. The molecule has 1 aromatic heterocycles. The van der Waals surface area contributed by atoms with Gasteiger partial charge < -0.3 is 5.73 Å². The van der Waals surface area contributed by atoms with Crippen molar-refractivity contribution in [2.24, 2.45) is 0 Å². The molecule has 0 fully saturated rings. The predicted octanol–water partition coefficient (Wildman–Crippen LogP) is 1.19. The summed E-state index contributed by atoms with van der Waals surface area (Å²) in [6.45, 7) is 0. The summed E-state index contributed by atoms with van der Waals surface area (Å²) in [5, 5.41) is 8.81. The van der Waals surface area contributed by atoms with Crippen LogP contribution >= 0.6 is 11.6 Å². The van der Waals surface area contributed by atoms with E-state index in [1.807, 2.05) is 6.07 Å². The summed E-state index contributed by atoms with van der Waals surface area (Å²) in [7, 11) is 0. The van der Waals surface area contributed by atoms with Gasteiger partial charge in [0.1, 0.15) is 6.07 Å². The highest BCUT2D eigenvalue weighted by atomic mass is 35.5. The monoisotopic (exact) mass is 153 g/mol. The van der Waals surface area contributed by atoms with Crippen molar-refractivity contribution in [1.82, 2.24) is 4.98 Å². The minimum atomic E-state index is 0.212. The van der Waals surface area contributed by atoms with Crippen LogP contribution in [-0.2, 0) is 0 Å². The van der Waals surface area contributed by atoms with Crippen molar-refractivity contribution in [3.63, 3.8) is 0 Å². The summed E-state index contributed by atoms with van der Waals surface area (Å²) in [5.74, 6) is 0. The lowest BCUT2D eigenvalue weighted by molar-refractivity contribution is 1.27. The van der Waals surface area contributed by atoms with Gasteiger partial charge in [0, 0.05) is 6.20 Å². The molecule has 1 heterocycles. The maximum Gasteiger partial charge on any atom is 0.163 e. The largest absolute Gasteiger partial charge is 0.396 e. The van der Waals surface area contributed by atoms with Crippen molar-refractivity contribution in [2.75, 3.05) is 5.73 Å². The molecule has 0 aliphatic heterocycles. The number of aromatic nitrogens is 1. The van der Waals surface area contributed by atoms with Crippen molar-refractivity contribution in [3.8, 4) is 6.07 Å². The van der Waals surface area contributed by atoms with Gasteiger partial charge in [-0.1, -0.05) is 11.6 Å². The third-order valence-electron chi connectivity index (χ3n) is 0.990. The number of rotatable bonds is 0. The van der Waals surface area contributed by atoms with E-state index in [0.29, 0.717) is 10.7 Å². The molecule has 0 spiro atoms. The Morgan fingerprint density at radius 3 is 2.90 bits per heavy atom. The van der Waals surface area contributed by atoms with Gasteiger partial charge in [0.25, 0.3) is 0 Å². The smallest absolute Gasteiger partial charge is 0.163 e. The molecule has 0 atom stereocenters. The molecule has 0 aliphatic carbocycles. The second kappa shape index (κ2) is 2.54. The first-order chi connectivity index (χ1) is 4.74. The van der Waals surface area contributed by atoms with E-state index >= 15 is 0 Å². The lowest BCUT2D eigenvalue weighted by atomic mass is 10.3. The van der Waals surface area contributed by atoms with Crippen LogP contribution in [0, 0.1) is 11.3 Å². The Bertz CT molecular complexity index is 290. The molecule has 0 saturated carbocycles. The number of anilines is 1. The van der Waals surface area contributed by atoms with E-state index < -0.39 is 0 Å². The molecule has 0 aromatic carbocycles. The molecule has 2 N–H and O–H groups in total. The molecule has 0 unspecified atom stereocenters. The predicted molar refractivity (Wildman–Crippen MR) is 38.4 cm³/mol. The van der Waals surface area contributed by atoms with E-state index in [-0.39, 0.29) is 5.69 Å². The van der Waals surface area contributed by atoms with Crippen molar-refractivity contribution < 1.29 is 0 Å². The molecule has 50 valence electrons. The van der Waals surface area contributed by atoms with E-state index in [0.717, 1.165) is 0 Å². The Hall–Kier alpha value is -1.27. The number of hydrogen-bond donors (Lipinski definition) is 1. The average Bonchev–Trinajstić information content (AvgIpc) is 1.88. The van der Waals surface area contributed by atoms with Crippen LogP contribution in [0.5, 0.6) is 0 Å². The normalized spacial score (nSPS) is 8.80. The van der Waals surface area contributed by atoms with Crippen LogP contribution in [0.25, 0.3) is 0 Å². The van der Waals surface area contributed by atoms with Gasteiger partial charge in [-0.3, -0.25) is 0 Å². The summed E-state index contributed by atoms with van der Waals surface area (Å²) in [4.78, 5) is 3.68. The molecular weight excluding hydrogens is 150 g/mol. The summed E-state index contributed by atoms with van der Waals surface area (Å²) in [6.07, 6.45) is 1.39. The van der Waals surface area contributed by atoms with Crippen molar-refractivity contribution in [3.05, 3.63) is 23.0 Å². The van der Waals surface area contributed by atoms with Crippen molar-refractivity contribution in [1.29, 1.82) is 5.26 Å². The minimum Gasteiger partial charge on any atom is -0.396 e. The van der Waals surface area contributed by atoms with Crippen LogP contribution in [0.3, 0.4) is 0 Å². The highest BCUT2D eigenvalue weighted by Crippen LogP contribution is 2.13. The van der Waals surface area contributed by atoms with Gasteiger partial charge in [-0.2, -0.15) is 5.26 Å². The van der Waals surface area contributed by atoms with Crippen LogP contribution in [-0.4, -0.2) is 4.98 Å². The first-order valence-electron chi connectivity index (χ1n) is 2.55. The maximum atomic E-state index is 8.37. The highest BCUT2D eigenvalue weighted by Gasteiger charge is 1.97. The quantitative estimate of drug-likeness (QED) is 0.609. The maximum absolute atomic E-state index is 8.37. The topological polar surface area (TPSA) is 62.7 Å². The Morgan fingerprint density at radius 1 is 1.70 bits per heavy atom. The second-order valence-electron chi connectivity index (χ2n) is 1.70. The zero-order valence-corrected chi connectivity index (χ0v) is 5.76. The van der Waals surface area contributed by atoms with Gasteiger partial charge in [-0.15, -0.1) is 0 Å². The molecule has 1 rings (SSSR count). The molecule has 0 amide bonds. The molecule has 1 aromatic rings. The van der Waals surface area contributed by atoms with Gasteiger partial charge in [0.2, 0.25) is 0 Å². The van der Waals surface area contributed by atoms with E-state index in [2.05, 4.69) is 4.98 Å². The number of pyridine rings is 1. The molecule has 10 heavy (non-hydrogen) atoms. The number of nitrogens with zero attached hydrogens (tertiary/aromatic N) is 2. The van der Waals surface area contributed by atoms with Crippen LogP contribution in [0.4, 0.5) is 5.69 Å². The summed E-state index contributed by atoms with van der Waals surface area (Å²) in [6, 6.07) is 3.32. The number of nitrogens with two attached hydrogens (primary N) is 1. The SMILES string of the molecule is N#Cc1ncc(Cl)cc1N. The van der Waals surface area contributed by atoms with Gasteiger partial charge in [-0.05, 0) is 6.07 Å². The summed E-state index contributed by atoms with van der Waals surface area (Å²) in [5.41, 5.74) is 5.89. The highest BCUT2D eigenvalue weighted by molar-refractivity contribution is 6.30. The van der Waals surface area contributed by atoms with Crippen LogP contribution in [0.2, 0.25) is 5.02 Å². The standard InChI is InChI=1S/C6H4ClN3/c7-4-1-5(9)6(2-8)10-3-4/h1,3H,9H2. The van der Waals surface area contributed by atoms with Gasteiger partial charge in [0.15, 0.2) is 5.69 Å². The van der Waals surface area contributed by atoms with Crippen LogP contribution < -0.4 is 5.73 Å². The first kappa shape index (κ1) is 6.84. The minimum absolute atomic E-state index is 0.212. The zero-order valence-electron chi connectivity index (χ0n) is 5.00. The van der Waals surface area contributed by atoms with Gasteiger partial charge >= 0.3 is 0 Å². The van der Waals surface area contributed by atoms with E-state index in [1.165, 1.54) is 12.3 Å². The summed E-state index contributed by atoms with van der Waals surface area (Å²) < 4.78 is 0. The van der Waals surface area contributed by atoms with Crippen LogP contribution in [0.15, 0.2) is 12.3 Å². The van der Waals surface area contributed by atoms with Gasteiger partial charge in [0.05, 0.1) is 10.7 Å². The molecule has 0 radical (unpaired) electrons. The van der Waals surface area contributed by atoms with E-state index in [4.69, 9.17) is 22.6 Å². The molecule has 4 heteroatoms. The zero-order chi connectivity index (χ0) is 7.56. The van der Waals surface area contributed by atoms with E-state index in [9.17, 15) is 0 Å². The fourth-order valence-electron chi connectivity index (χ4n) is 0.548. The summed E-state index contributed by atoms with van der Waals surface area (Å²) >= 11 is 5.52. The first-order valence-corrected chi connectivity index (χ1v) is 2.93. The Balaban J connectivity index is 3.23. The van der Waals surface area contributed by atoms with Crippen molar-refractivity contribution >= 4 is 17.3 Å². The molecular formula is C6H4ClN3. The third-order valence-corrected chi connectivity index (χ3v) is 1.20. The lowest BCUT2D eigenvalue weighted by Gasteiger charge is -1.93. The third kappa shape index (κ3) is 1.17. The van der Waals surface area contributed by atoms with Crippen molar-refractivity contribution in [2.45, 2.75) is 0 Å². The number of nitrogen functional groups attached to an aromatic ring is 1. The van der Waals surface area contributed by atoms with E-state index in [1.54, 1.807) is 0 Å². The number of halogens is 1. The van der Waals surface area contributed by atoms with Gasteiger partial charge in [-0.25, -0.2) is 4.98 Å². The Kier molecular flexibility index (Phi) is 1.74. The fourth-order valence-corrected chi connectivity index (χ4v) is 0.715. The Morgan fingerprint density at radius 2 is 2.40 bits per heavy atom. The molecule has 0 aliphatic rings. The molecule has 0 bridgehead atoms.